The van der Waals surface area contributed by atoms with Gasteiger partial charge in [0.2, 0.25) is 0 Å². The molecule has 1 nitrogen and oxygen atoms in total. The molecule has 0 aliphatic heterocycles. The maximum Gasteiger partial charge on any atom is 0.126 e. The van der Waals surface area contributed by atoms with Crippen molar-refractivity contribution in [3.05, 3.63) is 34.1 Å². The molecule has 0 aromatic heterocycles. The highest BCUT2D eigenvalue weighted by atomic mass is 79.9. The fourth-order valence-corrected chi connectivity index (χ4v) is 3.58. The van der Waals surface area contributed by atoms with Gasteiger partial charge in [0, 0.05) is 9.89 Å². The van der Waals surface area contributed by atoms with Crippen LogP contribution >= 0.6 is 15.9 Å². The number of hydrogen-bond donors (Lipinski definition) is 1. The molecule has 0 saturated heterocycles. The molecule has 1 fully saturated rings. The van der Waals surface area contributed by atoms with Gasteiger partial charge in [0.15, 0.2) is 0 Å². The average molecular weight is 301 g/mol. The molecule has 0 bridgehead atoms. The molecule has 1 N–H and O–H groups in total. The highest BCUT2D eigenvalue weighted by Gasteiger charge is 2.52. The summed E-state index contributed by atoms with van der Waals surface area (Å²) >= 11 is 3.39. The monoisotopic (exact) mass is 300 g/mol. The minimum absolute atomic E-state index is 0.137. The molecule has 0 amide bonds. The topological polar surface area (TPSA) is 20.2 Å². The van der Waals surface area contributed by atoms with Crippen molar-refractivity contribution in [2.75, 3.05) is 0 Å². The lowest BCUT2D eigenvalue weighted by Gasteiger charge is -2.53. The lowest BCUT2D eigenvalue weighted by atomic mass is 9.53. The van der Waals surface area contributed by atoms with E-state index in [-0.39, 0.29) is 23.3 Å². The second-order valence-electron chi connectivity index (χ2n) is 4.91. The Bertz CT molecular complexity index is 415. The van der Waals surface area contributed by atoms with Crippen LogP contribution in [0.2, 0.25) is 0 Å². The molecule has 1 saturated carbocycles. The minimum atomic E-state index is -0.291. The summed E-state index contributed by atoms with van der Waals surface area (Å²) in [5.74, 6) is -0.0126. The number of aliphatic hydroxyl groups excluding tert-OH is 1. The molecular formula is C14H18BrFO. The van der Waals surface area contributed by atoms with Crippen LogP contribution in [0, 0.1) is 11.2 Å². The van der Waals surface area contributed by atoms with Gasteiger partial charge in [-0.3, -0.25) is 0 Å². The van der Waals surface area contributed by atoms with Gasteiger partial charge in [-0.05, 0) is 48.9 Å². The number of hydrogen-bond acceptors (Lipinski definition) is 1. The molecule has 2 rings (SSSR count). The van der Waals surface area contributed by atoms with Gasteiger partial charge in [0.05, 0.1) is 6.10 Å². The largest absolute Gasteiger partial charge is 0.393 e. The number of halogens is 2. The standard InChI is InChI=1S/C14H18BrFO/c1-3-14(4-2)11(8-13(14)17)10-7-9(15)5-6-12(10)16/h5-7,11,13,17H,3-4,8H2,1-2H3. The van der Waals surface area contributed by atoms with Gasteiger partial charge in [-0.15, -0.1) is 0 Å². The van der Waals surface area contributed by atoms with E-state index in [1.807, 2.05) is 6.07 Å². The first kappa shape index (κ1) is 13.0. The van der Waals surface area contributed by atoms with Crippen LogP contribution in [0.25, 0.3) is 0 Å². The molecule has 1 aliphatic carbocycles. The Kier molecular flexibility index (Phi) is 3.60. The van der Waals surface area contributed by atoms with E-state index in [2.05, 4.69) is 29.8 Å². The first-order valence-corrected chi connectivity index (χ1v) is 6.97. The van der Waals surface area contributed by atoms with Crippen molar-refractivity contribution >= 4 is 15.9 Å². The van der Waals surface area contributed by atoms with Crippen molar-refractivity contribution in [3.63, 3.8) is 0 Å². The minimum Gasteiger partial charge on any atom is -0.393 e. The van der Waals surface area contributed by atoms with E-state index in [0.717, 1.165) is 22.9 Å². The first-order valence-electron chi connectivity index (χ1n) is 6.18. The van der Waals surface area contributed by atoms with E-state index in [1.54, 1.807) is 6.07 Å². The van der Waals surface area contributed by atoms with Gasteiger partial charge in [0.25, 0.3) is 0 Å². The van der Waals surface area contributed by atoms with Crippen molar-refractivity contribution < 1.29 is 9.50 Å². The lowest BCUT2D eigenvalue weighted by molar-refractivity contribution is -0.0941. The van der Waals surface area contributed by atoms with Crippen LogP contribution in [0.1, 0.15) is 44.6 Å². The van der Waals surface area contributed by atoms with Crippen molar-refractivity contribution in [3.8, 4) is 0 Å². The van der Waals surface area contributed by atoms with E-state index in [4.69, 9.17) is 0 Å². The summed E-state index contributed by atoms with van der Waals surface area (Å²) < 4.78 is 14.8. The van der Waals surface area contributed by atoms with Crippen molar-refractivity contribution in [2.45, 2.75) is 45.1 Å². The normalized spacial score (nSPS) is 26.6. The Hall–Kier alpha value is -0.410. The Morgan fingerprint density at radius 3 is 2.59 bits per heavy atom. The fourth-order valence-electron chi connectivity index (χ4n) is 3.20. The second-order valence-corrected chi connectivity index (χ2v) is 5.83. The van der Waals surface area contributed by atoms with Gasteiger partial charge in [-0.1, -0.05) is 29.8 Å². The molecular weight excluding hydrogens is 283 g/mol. The molecule has 0 radical (unpaired) electrons. The molecule has 1 aromatic rings. The summed E-state index contributed by atoms with van der Waals surface area (Å²) in [7, 11) is 0. The third-order valence-electron chi connectivity index (χ3n) is 4.47. The smallest absolute Gasteiger partial charge is 0.126 e. The zero-order valence-electron chi connectivity index (χ0n) is 10.2. The van der Waals surface area contributed by atoms with Crippen molar-refractivity contribution in [1.82, 2.24) is 0 Å². The third kappa shape index (κ3) is 1.93. The summed E-state index contributed by atoms with van der Waals surface area (Å²) in [5.41, 5.74) is 0.607. The maximum atomic E-state index is 13.9. The predicted octanol–water partition coefficient (Wildman–Crippen LogP) is 4.24. The van der Waals surface area contributed by atoms with Crippen LogP contribution in [-0.4, -0.2) is 11.2 Å². The molecule has 0 heterocycles. The fraction of sp³-hybridized carbons (Fsp3) is 0.571. The highest BCUT2D eigenvalue weighted by Crippen LogP contribution is 2.57. The molecule has 1 aromatic carbocycles. The molecule has 1 aliphatic rings. The molecule has 2 unspecified atom stereocenters. The number of benzene rings is 1. The lowest BCUT2D eigenvalue weighted by Crippen LogP contribution is -2.51. The van der Waals surface area contributed by atoms with E-state index < -0.39 is 0 Å². The van der Waals surface area contributed by atoms with Crippen molar-refractivity contribution in [2.24, 2.45) is 5.41 Å². The third-order valence-corrected chi connectivity index (χ3v) is 4.96. The number of aliphatic hydroxyl groups is 1. The van der Waals surface area contributed by atoms with Crippen LogP contribution in [0.5, 0.6) is 0 Å². The van der Waals surface area contributed by atoms with Crippen LogP contribution in [-0.2, 0) is 0 Å². The zero-order valence-corrected chi connectivity index (χ0v) is 11.8. The Morgan fingerprint density at radius 2 is 2.06 bits per heavy atom. The quantitative estimate of drug-likeness (QED) is 0.885. The zero-order chi connectivity index (χ0) is 12.6. The number of rotatable bonds is 3. The Morgan fingerprint density at radius 1 is 1.41 bits per heavy atom. The summed E-state index contributed by atoms with van der Waals surface area (Å²) in [6, 6.07) is 5.07. The van der Waals surface area contributed by atoms with E-state index in [0.29, 0.717) is 6.42 Å². The van der Waals surface area contributed by atoms with Crippen LogP contribution in [0.4, 0.5) is 4.39 Å². The highest BCUT2D eigenvalue weighted by molar-refractivity contribution is 9.10. The van der Waals surface area contributed by atoms with E-state index in [9.17, 15) is 9.50 Å². The van der Waals surface area contributed by atoms with E-state index in [1.165, 1.54) is 6.07 Å². The van der Waals surface area contributed by atoms with Gasteiger partial charge in [0.1, 0.15) is 5.82 Å². The summed E-state index contributed by atoms with van der Waals surface area (Å²) in [4.78, 5) is 0. The molecule has 3 heteroatoms. The van der Waals surface area contributed by atoms with Crippen molar-refractivity contribution in [1.29, 1.82) is 0 Å². The Balaban J connectivity index is 2.38. The van der Waals surface area contributed by atoms with Crippen LogP contribution in [0.15, 0.2) is 22.7 Å². The Labute approximate surface area is 110 Å². The SMILES string of the molecule is CCC1(CC)C(O)CC1c1cc(Br)ccc1F. The average Bonchev–Trinajstić information content (AvgIpc) is 2.31. The van der Waals surface area contributed by atoms with Gasteiger partial charge in [-0.25, -0.2) is 4.39 Å². The molecule has 17 heavy (non-hydrogen) atoms. The molecule has 2 atom stereocenters. The van der Waals surface area contributed by atoms with Crippen LogP contribution in [0.3, 0.4) is 0 Å². The van der Waals surface area contributed by atoms with E-state index >= 15 is 0 Å². The van der Waals surface area contributed by atoms with Gasteiger partial charge >= 0.3 is 0 Å². The van der Waals surface area contributed by atoms with Gasteiger partial charge < -0.3 is 5.11 Å². The second kappa shape index (κ2) is 4.69. The maximum absolute atomic E-state index is 13.9. The summed E-state index contributed by atoms with van der Waals surface area (Å²) in [6.45, 7) is 4.16. The first-order chi connectivity index (χ1) is 8.05. The summed E-state index contributed by atoms with van der Waals surface area (Å²) in [5, 5.41) is 10.0. The molecule has 0 spiro atoms. The summed E-state index contributed by atoms with van der Waals surface area (Å²) in [6.07, 6.45) is 2.17. The van der Waals surface area contributed by atoms with Crippen LogP contribution < -0.4 is 0 Å². The molecule has 94 valence electrons. The van der Waals surface area contributed by atoms with Gasteiger partial charge in [-0.2, -0.15) is 0 Å². The predicted molar refractivity (Wildman–Crippen MR) is 70.5 cm³/mol.